The fourth-order valence-electron chi connectivity index (χ4n) is 1.63. The molecule has 0 bridgehead atoms. The molecular weight excluding hydrogens is 232 g/mol. The van der Waals surface area contributed by atoms with Crippen LogP contribution in [0.3, 0.4) is 0 Å². The predicted molar refractivity (Wildman–Crippen MR) is 67.3 cm³/mol. The van der Waals surface area contributed by atoms with Crippen LogP contribution in [-0.2, 0) is 24.8 Å². The molecule has 7 nitrogen and oxygen atoms in total. The second-order valence-electron chi connectivity index (χ2n) is 3.95. The first-order chi connectivity index (χ1) is 8.79. The molecule has 0 radical (unpaired) electrons. The summed E-state index contributed by atoms with van der Waals surface area (Å²) >= 11 is 0. The molecule has 0 aliphatic carbocycles. The van der Waals surface area contributed by atoms with Gasteiger partial charge in [-0.2, -0.15) is 5.10 Å². The average Bonchev–Trinajstić information content (AvgIpc) is 2.96. The lowest BCUT2D eigenvalue weighted by molar-refractivity contribution is 0.187. The first-order valence-electron chi connectivity index (χ1n) is 5.88. The molecule has 2 aromatic heterocycles. The van der Waals surface area contributed by atoms with Gasteiger partial charge in [0.25, 0.3) is 0 Å². The van der Waals surface area contributed by atoms with Gasteiger partial charge in [0.05, 0.1) is 6.61 Å². The van der Waals surface area contributed by atoms with Crippen LogP contribution in [0.5, 0.6) is 0 Å². The van der Waals surface area contributed by atoms with Crippen LogP contribution in [0.25, 0.3) is 0 Å². The molecule has 2 heterocycles. The van der Waals surface area contributed by atoms with Gasteiger partial charge in [-0.1, -0.05) is 0 Å². The van der Waals surface area contributed by atoms with Gasteiger partial charge < -0.3 is 14.6 Å². The van der Waals surface area contributed by atoms with Crippen LogP contribution in [0.15, 0.2) is 18.7 Å². The number of hydrogen-bond donors (Lipinski definition) is 1. The zero-order valence-corrected chi connectivity index (χ0v) is 10.7. The molecule has 0 spiro atoms. The summed E-state index contributed by atoms with van der Waals surface area (Å²) in [7, 11) is 3.55. The topological polar surface area (TPSA) is 69.8 Å². The number of nitrogens with zero attached hydrogens (tertiary/aromatic N) is 5. The summed E-state index contributed by atoms with van der Waals surface area (Å²) in [5.74, 6) is 1.68. The van der Waals surface area contributed by atoms with Crippen LogP contribution in [-0.4, -0.2) is 44.6 Å². The average molecular weight is 250 g/mol. The highest BCUT2D eigenvalue weighted by Gasteiger charge is 2.03. The standard InChI is InChI=1S/C11H18N6O/c1-16-9-14-10(15-16)3-4-12-11-13-5-6-17(11)7-8-18-2/h5-6,9H,3-4,7-8H2,1-2H3,(H,12,13). The molecule has 0 amide bonds. The van der Waals surface area contributed by atoms with E-state index in [0.29, 0.717) is 6.61 Å². The Morgan fingerprint density at radius 2 is 2.28 bits per heavy atom. The maximum absolute atomic E-state index is 5.05. The van der Waals surface area contributed by atoms with Crippen LogP contribution in [0.4, 0.5) is 5.95 Å². The molecule has 2 rings (SSSR count). The van der Waals surface area contributed by atoms with Gasteiger partial charge >= 0.3 is 0 Å². The van der Waals surface area contributed by atoms with Gasteiger partial charge in [0.2, 0.25) is 5.95 Å². The second-order valence-corrected chi connectivity index (χ2v) is 3.95. The first kappa shape index (κ1) is 12.6. The lowest BCUT2D eigenvalue weighted by Crippen LogP contribution is -2.13. The van der Waals surface area contributed by atoms with Gasteiger partial charge in [0, 0.05) is 46.1 Å². The van der Waals surface area contributed by atoms with Crippen molar-refractivity contribution >= 4 is 5.95 Å². The molecule has 18 heavy (non-hydrogen) atoms. The van der Waals surface area contributed by atoms with Crippen molar-refractivity contribution < 1.29 is 4.74 Å². The number of aromatic nitrogens is 5. The zero-order chi connectivity index (χ0) is 12.8. The lowest BCUT2D eigenvalue weighted by Gasteiger charge is -2.08. The Bertz CT molecular complexity index is 477. The minimum absolute atomic E-state index is 0.673. The molecule has 0 aliphatic rings. The SMILES string of the molecule is COCCn1ccnc1NCCc1ncn(C)n1. The van der Waals surface area contributed by atoms with Gasteiger partial charge in [0.15, 0.2) is 5.82 Å². The van der Waals surface area contributed by atoms with Gasteiger partial charge in [-0.15, -0.1) is 0 Å². The number of hydrogen-bond acceptors (Lipinski definition) is 5. The van der Waals surface area contributed by atoms with Crippen molar-refractivity contribution in [3.63, 3.8) is 0 Å². The Labute approximate surface area is 106 Å². The Kier molecular flexibility index (Phi) is 4.30. The maximum Gasteiger partial charge on any atom is 0.202 e. The summed E-state index contributed by atoms with van der Waals surface area (Å²) in [5, 5.41) is 7.49. The molecule has 7 heteroatoms. The van der Waals surface area contributed by atoms with E-state index < -0.39 is 0 Å². The number of nitrogens with one attached hydrogen (secondary N) is 1. The molecule has 0 aliphatic heterocycles. The number of methoxy groups -OCH3 is 1. The quantitative estimate of drug-likeness (QED) is 0.766. The van der Waals surface area contributed by atoms with Crippen molar-refractivity contribution in [1.29, 1.82) is 0 Å². The van der Waals surface area contributed by atoms with Crippen LogP contribution in [0, 0.1) is 0 Å². The summed E-state index contributed by atoms with van der Waals surface area (Å²) in [6, 6.07) is 0. The Morgan fingerprint density at radius 1 is 1.39 bits per heavy atom. The molecule has 0 saturated heterocycles. The molecule has 0 saturated carbocycles. The number of rotatable bonds is 7. The first-order valence-corrected chi connectivity index (χ1v) is 5.88. The van der Waals surface area contributed by atoms with Crippen LogP contribution in [0.1, 0.15) is 5.82 Å². The van der Waals surface area contributed by atoms with Crippen molar-refractivity contribution in [2.45, 2.75) is 13.0 Å². The minimum Gasteiger partial charge on any atom is -0.383 e. The molecule has 0 unspecified atom stereocenters. The third kappa shape index (κ3) is 3.30. The van der Waals surface area contributed by atoms with Crippen LogP contribution < -0.4 is 5.32 Å². The van der Waals surface area contributed by atoms with Crippen molar-refractivity contribution in [3.05, 3.63) is 24.5 Å². The van der Waals surface area contributed by atoms with E-state index in [9.17, 15) is 0 Å². The summed E-state index contributed by atoms with van der Waals surface area (Å²) in [6.45, 7) is 2.22. The predicted octanol–water partition coefficient (Wildman–Crippen LogP) is 0.313. The highest BCUT2D eigenvalue weighted by molar-refractivity contribution is 5.25. The fraction of sp³-hybridized carbons (Fsp3) is 0.545. The van der Waals surface area contributed by atoms with E-state index >= 15 is 0 Å². The maximum atomic E-state index is 5.05. The zero-order valence-electron chi connectivity index (χ0n) is 10.7. The summed E-state index contributed by atoms with van der Waals surface area (Å²) in [4.78, 5) is 8.43. The molecule has 0 aromatic carbocycles. The molecule has 98 valence electrons. The fourth-order valence-corrected chi connectivity index (χ4v) is 1.63. The number of anilines is 1. The molecule has 1 N–H and O–H groups in total. The number of imidazole rings is 1. The minimum atomic E-state index is 0.673. The van der Waals surface area contributed by atoms with E-state index in [-0.39, 0.29) is 0 Å². The normalized spacial score (nSPS) is 10.8. The monoisotopic (exact) mass is 250 g/mol. The number of ether oxygens (including phenoxy) is 1. The van der Waals surface area contributed by atoms with E-state index in [2.05, 4.69) is 20.4 Å². The van der Waals surface area contributed by atoms with Gasteiger partial charge in [0.1, 0.15) is 6.33 Å². The van der Waals surface area contributed by atoms with Crippen molar-refractivity contribution in [2.24, 2.45) is 7.05 Å². The molecule has 2 aromatic rings. The largest absolute Gasteiger partial charge is 0.383 e. The van der Waals surface area contributed by atoms with E-state index in [1.54, 1.807) is 24.3 Å². The van der Waals surface area contributed by atoms with Crippen molar-refractivity contribution in [2.75, 3.05) is 25.6 Å². The third-order valence-corrected chi connectivity index (χ3v) is 2.53. The Hall–Kier alpha value is -1.89. The van der Waals surface area contributed by atoms with Gasteiger partial charge in [-0.05, 0) is 0 Å². The summed E-state index contributed by atoms with van der Waals surface area (Å²) in [6.07, 6.45) is 6.18. The molecule has 0 atom stereocenters. The molecular formula is C11H18N6O. The van der Waals surface area contributed by atoms with E-state index in [1.165, 1.54) is 0 Å². The smallest absolute Gasteiger partial charge is 0.202 e. The van der Waals surface area contributed by atoms with E-state index in [0.717, 1.165) is 31.3 Å². The van der Waals surface area contributed by atoms with Crippen LogP contribution in [0.2, 0.25) is 0 Å². The molecule has 0 fully saturated rings. The third-order valence-electron chi connectivity index (χ3n) is 2.53. The second kappa shape index (κ2) is 6.15. The van der Waals surface area contributed by atoms with Crippen molar-refractivity contribution in [3.8, 4) is 0 Å². The van der Waals surface area contributed by atoms with Gasteiger partial charge in [-0.25, -0.2) is 9.97 Å². The summed E-state index contributed by atoms with van der Waals surface area (Å²) in [5.41, 5.74) is 0. The highest BCUT2D eigenvalue weighted by atomic mass is 16.5. The van der Waals surface area contributed by atoms with Crippen LogP contribution >= 0.6 is 0 Å². The van der Waals surface area contributed by atoms with E-state index in [1.807, 2.05) is 17.8 Å². The van der Waals surface area contributed by atoms with E-state index in [4.69, 9.17) is 4.74 Å². The lowest BCUT2D eigenvalue weighted by atomic mass is 10.4. The Morgan fingerprint density at radius 3 is 3.00 bits per heavy atom. The number of aryl methyl sites for hydroxylation is 1. The Balaban J connectivity index is 1.81. The summed E-state index contributed by atoms with van der Waals surface area (Å²) < 4.78 is 8.77. The van der Waals surface area contributed by atoms with Crippen molar-refractivity contribution in [1.82, 2.24) is 24.3 Å². The highest BCUT2D eigenvalue weighted by Crippen LogP contribution is 2.04. The van der Waals surface area contributed by atoms with Gasteiger partial charge in [-0.3, -0.25) is 4.68 Å².